The lowest BCUT2D eigenvalue weighted by Gasteiger charge is -2.05. The van der Waals surface area contributed by atoms with Crippen molar-refractivity contribution in [1.82, 2.24) is 14.4 Å². The van der Waals surface area contributed by atoms with E-state index in [1.54, 1.807) is 47.4 Å². The molecule has 0 radical (unpaired) electrons. The van der Waals surface area contributed by atoms with Crippen molar-refractivity contribution in [2.24, 2.45) is 0 Å². The van der Waals surface area contributed by atoms with Crippen LogP contribution in [0.2, 0.25) is 0 Å². The monoisotopic (exact) mass is 238 g/mol. The minimum absolute atomic E-state index is 0.195. The SMILES string of the molecule is O=C(Nc1cccnc1)c1cccn2ccnc12. The van der Waals surface area contributed by atoms with Crippen LogP contribution in [0, 0.1) is 0 Å². The molecule has 0 aromatic carbocycles. The number of carbonyl (C=O) groups is 1. The lowest BCUT2D eigenvalue weighted by Crippen LogP contribution is -2.13. The molecule has 0 aliphatic carbocycles. The molecule has 0 aliphatic rings. The predicted octanol–water partition coefficient (Wildman–Crippen LogP) is 1.98. The lowest BCUT2D eigenvalue weighted by molar-refractivity contribution is 0.102. The van der Waals surface area contributed by atoms with E-state index in [2.05, 4.69) is 15.3 Å². The number of amides is 1. The third kappa shape index (κ3) is 1.82. The van der Waals surface area contributed by atoms with Crippen molar-refractivity contribution in [1.29, 1.82) is 0 Å². The van der Waals surface area contributed by atoms with Crippen LogP contribution in [0.25, 0.3) is 5.65 Å². The van der Waals surface area contributed by atoms with Gasteiger partial charge in [-0.05, 0) is 24.3 Å². The Hall–Kier alpha value is -2.69. The standard InChI is InChI=1S/C13H10N4O/c18-13(16-10-3-1-5-14-9-10)11-4-2-7-17-8-6-15-12(11)17/h1-9H,(H,16,18). The Morgan fingerprint density at radius 1 is 1.17 bits per heavy atom. The van der Waals surface area contributed by atoms with Gasteiger partial charge in [-0.1, -0.05) is 0 Å². The second-order valence-electron chi connectivity index (χ2n) is 3.78. The van der Waals surface area contributed by atoms with E-state index in [9.17, 15) is 4.79 Å². The van der Waals surface area contributed by atoms with Crippen molar-refractivity contribution in [3.8, 4) is 0 Å². The van der Waals surface area contributed by atoms with Gasteiger partial charge in [0.15, 0.2) is 0 Å². The molecular formula is C13H10N4O. The summed E-state index contributed by atoms with van der Waals surface area (Å²) in [6.07, 6.45) is 8.57. The smallest absolute Gasteiger partial charge is 0.259 e. The Morgan fingerprint density at radius 2 is 2.11 bits per heavy atom. The van der Waals surface area contributed by atoms with Gasteiger partial charge < -0.3 is 9.72 Å². The number of aromatic nitrogens is 3. The first-order chi connectivity index (χ1) is 8.84. The molecule has 3 aromatic heterocycles. The highest BCUT2D eigenvalue weighted by Crippen LogP contribution is 2.11. The fourth-order valence-electron chi connectivity index (χ4n) is 1.76. The molecule has 0 fully saturated rings. The Morgan fingerprint density at radius 3 is 2.94 bits per heavy atom. The molecule has 3 rings (SSSR count). The van der Waals surface area contributed by atoms with Crippen LogP contribution < -0.4 is 5.32 Å². The molecule has 0 saturated heterocycles. The summed E-state index contributed by atoms with van der Waals surface area (Å²) in [5.74, 6) is -0.195. The summed E-state index contributed by atoms with van der Waals surface area (Å²) in [6.45, 7) is 0. The minimum Gasteiger partial charge on any atom is -0.320 e. The van der Waals surface area contributed by atoms with Crippen molar-refractivity contribution >= 4 is 17.2 Å². The van der Waals surface area contributed by atoms with Crippen molar-refractivity contribution in [2.75, 3.05) is 5.32 Å². The van der Waals surface area contributed by atoms with Crippen LogP contribution in [0.15, 0.2) is 55.2 Å². The second kappa shape index (κ2) is 4.29. The molecule has 3 aromatic rings. The Balaban J connectivity index is 1.95. The van der Waals surface area contributed by atoms with E-state index in [1.807, 2.05) is 12.3 Å². The third-order valence-electron chi connectivity index (χ3n) is 2.58. The molecule has 5 heteroatoms. The maximum Gasteiger partial charge on any atom is 0.259 e. The lowest BCUT2D eigenvalue weighted by atomic mass is 10.2. The van der Waals surface area contributed by atoms with Crippen LogP contribution in [0.1, 0.15) is 10.4 Å². The van der Waals surface area contributed by atoms with Gasteiger partial charge in [-0.3, -0.25) is 9.78 Å². The molecule has 0 atom stereocenters. The summed E-state index contributed by atoms with van der Waals surface area (Å²) in [5, 5.41) is 2.79. The summed E-state index contributed by atoms with van der Waals surface area (Å²) >= 11 is 0. The van der Waals surface area contributed by atoms with E-state index in [4.69, 9.17) is 0 Å². The van der Waals surface area contributed by atoms with Gasteiger partial charge >= 0.3 is 0 Å². The highest BCUT2D eigenvalue weighted by molar-refractivity contribution is 6.08. The van der Waals surface area contributed by atoms with Crippen LogP contribution in [-0.4, -0.2) is 20.3 Å². The van der Waals surface area contributed by atoms with Crippen LogP contribution in [0.4, 0.5) is 5.69 Å². The van der Waals surface area contributed by atoms with Crippen molar-refractivity contribution in [2.45, 2.75) is 0 Å². The third-order valence-corrected chi connectivity index (χ3v) is 2.58. The fraction of sp³-hybridized carbons (Fsp3) is 0. The molecule has 0 spiro atoms. The number of carbonyl (C=O) groups excluding carboxylic acids is 1. The first-order valence-corrected chi connectivity index (χ1v) is 5.48. The highest BCUT2D eigenvalue weighted by atomic mass is 16.1. The van der Waals surface area contributed by atoms with Gasteiger partial charge in [0, 0.05) is 24.8 Å². The van der Waals surface area contributed by atoms with E-state index in [1.165, 1.54) is 0 Å². The molecule has 1 amide bonds. The molecule has 0 bridgehead atoms. The van der Waals surface area contributed by atoms with E-state index >= 15 is 0 Å². The number of nitrogens with one attached hydrogen (secondary N) is 1. The van der Waals surface area contributed by atoms with E-state index in [0.29, 0.717) is 16.9 Å². The zero-order valence-corrected chi connectivity index (χ0v) is 9.45. The van der Waals surface area contributed by atoms with Crippen molar-refractivity contribution < 1.29 is 4.79 Å². The van der Waals surface area contributed by atoms with Gasteiger partial charge in [0.05, 0.1) is 17.4 Å². The Kier molecular flexibility index (Phi) is 2.49. The van der Waals surface area contributed by atoms with Gasteiger partial charge in [0.25, 0.3) is 5.91 Å². The first-order valence-electron chi connectivity index (χ1n) is 5.48. The molecule has 3 heterocycles. The molecular weight excluding hydrogens is 228 g/mol. The molecule has 18 heavy (non-hydrogen) atoms. The van der Waals surface area contributed by atoms with E-state index in [0.717, 1.165) is 0 Å². The minimum atomic E-state index is -0.195. The molecule has 5 nitrogen and oxygen atoms in total. The van der Waals surface area contributed by atoms with Gasteiger partial charge in [0.2, 0.25) is 0 Å². The largest absolute Gasteiger partial charge is 0.320 e. The van der Waals surface area contributed by atoms with Crippen LogP contribution >= 0.6 is 0 Å². The van der Waals surface area contributed by atoms with Crippen LogP contribution in [0.5, 0.6) is 0 Å². The number of imidazole rings is 1. The average molecular weight is 238 g/mol. The summed E-state index contributed by atoms with van der Waals surface area (Å²) in [4.78, 5) is 20.2. The zero-order valence-electron chi connectivity index (χ0n) is 9.45. The quantitative estimate of drug-likeness (QED) is 0.742. The molecule has 1 N–H and O–H groups in total. The van der Waals surface area contributed by atoms with Crippen molar-refractivity contribution in [3.63, 3.8) is 0 Å². The Bertz CT molecular complexity index is 690. The number of pyridine rings is 2. The molecule has 0 unspecified atom stereocenters. The van der Waals surface area contributed by atoms with E-state index < -0.39 is 0 Å². The van der Waals surface area contributed by atoms with Gasteiger partial charge in [-0.25, -0.2) is 4.98 Å². The normalized spacial score (nSPS) is 10.4. The predicted molar refractivity (Wildman–Crippen MR) is 67.4 cm³/mol. The molecule has 0 aliphatic heterocycles. The zero-order chi connectivity index (χ0) is 12.4. The maximum atomic E-state index is 12.1. The van der Waals surface area contributed by atoms with Gasteiger partial charge in [-0.2, -0.15) is 0 Å². The number of hydrogen-bond donors (Lipinski definition) is 1. The number of fused-ring (bicyclic) bond motifs is 1. The topological polar surface area (TPSA) is 59.3 Å². The van der Waals surface area contributed by atoms with Crippen LogP contribution in [-0.2, 0) is 0 Å². The summed E-state index contributed by atoms with van der Waals surface area (Å²) in [6, 6.07) is 7.11. The van der Waals surface area contributed by atoms with Gasteiger partial charge in [0.1, 0.15) is 5.65 Å². The number of rotatable bonds is 2. The van der Waals surface area contributed by atoms with Crippen LogP contribution in [0.3, 0.4) is 0 Å². The van der Waals surface area contributed by atoms with Crippen molar-refractivity contribution in [3.05, 3.63) is 60.8 Å². The second-order valence-corrected chi connectivity index (χ2v) is 3.78. The average Bonchev–Trinajstić information content (AvgIpc) is 2.87. The molecule has 0 saturated carbocycles. The number of nitrogens with zero attached hydrogens (tertiary/aromatic N) is 3. The fourth-order valence-corrected chi connectivity index (χ4v) is 1.76. The maximum absolute atomic E-state index is 12.1. The first kappa shape index (κ1) is 10.5. The summed E-state index contributed by atoms with van der Waals surface area (Å²) in [7, 11) is 0. The Labute approximate surface area is 103 Å². The molecule has 88 valence electrons. The number of anilines is 1. The summed E-state index contributed by atoms with van der Waals surface area (Å²) in [5.41, 5.74) is 1.83. The number of hydrogen-bond acceptors (Lipinski definition) is 3. The van der Waals surface area contributed by atoms with E-state index in [-0.39, 0.29) is 5.91 Å². The highest BCUT2D eigenvalue weighted by Gasteiger charge is 2.11. The summed E-state index contributed by atoms with van der Waals surface area (Å²) < 4.78 is 1.80. The van der Waals surface area contributed by atoms with Gasteiger partial charge in [-0.15, -0.1) is 0 Å².